The molecule has 30 heavy (non-hydrogen) atoms. The normalized spacial score (nSPS) is 17.6. The Hall–Kier alpha value is -3.68. The molecular formula is C22H21N5O3. The smallest absolute Gasteiger partial charge is 0.254 e. The summed E-state index contributed by atoms with van der Waals surface area (Å²) in [6.07, 6.45) is 6.69. The fourth-order valence-electron chi connectivity index (χ4n) is 3.86. The van der Waals surface area contributed by atoms with Gasteiger partial charge < -0.3 is 19.7 Å². The molecule has 1 fully saturated rings. The number of nitrogens with one attached hydrogen (secondary N) is 1. The predicted octanol–water partition coefficient (Wildman–Crippen LogP) is 3.36. The van der Waals surface area contributed by atoms with E-state index < -0.39 is 0 Å². The number of likely N-dealkylation sites (tertiary alicyclic amines) is 1. The lowest BCUT2D eigenvalue weighted by Crippen LogP contribution is -2.31. The molecule has 0 spiro atoms. The van der Waals surface area contributed by atoms with Crippen molar-refractivity contribution in [3.8, 4) is 11.5 Å². The number of anilines is 2. The minimum Gasteiger partial charge on any atom is -0.486 e. The molecule has 2 aliphatic rings. The fraction of sp³-hybridized carbons (Fsp3) is 0.273. The van der Waals surface area contributed by atoms with E-state index >= 15 is 0 Å². The summed E-state index contributed by atoms with van der Waals surface area (Å²) >= 11 is 0. The Bertz CT molecular complexity index is 1060. The lowest BCUT2D eigenvalue weighted by atomic mass is 10.1. The largest absolute Gasteiger partial charge is 0.486 e. The molecule has 3 aromatic rings. The standard InChI is InChI=1S/C22H21N5O3/c28-22(15-6-7-18-19(13-15)30-12-11-29-18)27-10-2-4-17(27)16-3-1-5-20(25-16)26-21-14-23-8-9-24-21/h1,3,5-9,13-14,17H,2,4,10-12H2,(H,24,25,26)/t17-/m0/s1. The zero-order valence-electron chi connectivity index (χ0n) is 16.3. The Balaban J connectivity index is 1.37. The third kappa shape index (κ3) is 3.63. The Labute approximate surface area is 173 Å². The summed E-state index contributed by atoms with van der Waals surface area (Å²) in [4.78, 5) is 28.2. The first kappa shape index (κ1) is 18.4. The van der Waals surface area contributed by atoms with Gasteiger partial charge in [0.1, 0.15) is 24.8 Å². The first-order valence-electron chi connectivity index (χ1n) is 9.98. The molecule has 1 aromatic carbocycles. The summed E-state index contributed by atoms with van der Waals surface area (Å²) in [5.74, 6) is 2.57. The number of ether oxygens (including phenoxy) is 2. The number of hydrogen-bond acceptors (Lipinski definition) is 7. The van der Waals surface area contributed by atoms with Crippen LogP contribution in [-0.4, -0.2) is 45.5 Å². The predicted molar refractivity (Wildman–Crippen MR) is 110 cm³/mol. The monoisotopic (exact) mass is 403 g/mol. The molecule has 1 saturated heterocycles. The van der Waals surface area contributed by atoms with Crippen LogP contribution in [-0.2, 0) is 0 Å². The second-order valence-electron chi connectivity index (χ2n) is 7.18. The molecule has 8 nitrogen and oxygen atoms in total. The molecule has 2 aliphatic heterocycles. The number of benzene rings is 1. The number of fused-ring (bicyclic) bond motifs is 1. The van der Waals surface area contributed by atoms with Crippen molar-refractivity contribution >= 4 is 17.5 Å². The molecule has 5 rings (SSSR count). The van der Waals surface area contributed by atoms with Gasteiger partial charge >= 0.3 is 0 Å². The molecule has 0 bridgehead atoms. The van der Waals surface area contributed by atoms with Gasteiger partial charge in [-0.05, 0) is 43.2 Å². The maximum atomic E-state index is 13.3. The molecule has 0 radical (unpaired) electrons. The van der Waals surface area contributed by atoms with Gasteiger partial charge in [-0.25, -0.2) is 9.97 Å². The summed E-state index contributed by atoms with van der Waals surface area (Å²) in [7, 11) is 0. The SMILES string of the molecule is O=C(c1ccc2c(c1)OCCO2)N1CCC[C@H]1c1cccc(Nc2cnccn2)n1. The van der Waals surface area contributed by atoms with Gasteiger partial charge in [0.15, 0.2) is 11.5 Å². The Kier molecular flexibility index (Phi) is 4.88. The Morgan fingerprint density at radius 2 is 1.97 bits per heavy atom. The first-order valence-corrected chi connectivity index (χ1v) is 9.98. The number of hydrogen-bond donors (Lipinski definition) is 1. The number of rotatable bonds is 4. The van der Waals surface area contributed by atoms with Crippen LogP contribution in [0.3, 0.4) is 0 Å². The van der Waals surface area contributed by atoms with Crippen LogP contribution in [0.5, 0.6) is 11.5 Å². The summed E-state index contributed by atoms with van der Waals surface area (Å²) in [5.41, 5.74) is 1.45. The topological polar surface area (TPSA) is 89.5 Å². The van der Waals surface area contributed by atoms with Gasteiger partial charge in [-0.3, -0.25) is 9.78 Å². The highest BCUT2D eigenvalue weighted by Gasteiger charge is 2.32. The fourth-order valence-corrected chi connectivity index (χ4v) is 3.86. The second-order valence-corrected chi connectivity index (χ2v) is 7.18. The van der Waals surface area contributed by atoms with Crippen LogP contribution in [0.15, 0.2) is 55.0 Å². The quantitative estimate of drug-likeness (QED) is 0.714. The van der Waals surface area contributed by atoms with Gasteiger partial charge in [0.25, 0.3) is 5.91 Å². The van der Waals surface area contributed by atoms with Gasteiger partial charge in [0, 0.05) is 24.5 Å². The number of aromatic nitrogens is 3. The molecule has 8 heteroatoms. The van der Waals surface area contributed by atoms with E-state index in [1.807, 2.05) is 23.1 Å². The summed E-state index contributed by atoms with van der Waals surface area (Å²) < 4.78 is 11.2. The van der Waals surface area contributed by atoms with Crippen LogP contribution >= 0.6 is 0 Å². The molecule has 152 valence electrons. The van der Waals surface area contributed by atoms with Gasteiger partial charge in [0.05, 0.1) is 17.9 Å². The number of carbonyl (C=O) groups is 1. The molecule has 0 aliphatic carbocycles. The lowest BCUT2D eigenvalue weighted by molar-refractivity contribution is 0.0732. The first-order chi connectivity index (χ1) is 14.8. The molecule has 1 N–H and O–H groups in total. The number of amides is 1. The molecule has 1 amide bonds. The highest BCUT2D eigenvalue weighted by atomic mass is 16.6. The van der Waals surface area contributed by atoms with E-state index in [1.165, 1.54) is 0 Å². The highest BCUT2D eigenvalue weighted by molar-refractivity contribution is 5.95. The average molecular weight is 403 g/mol. The van der Waals surface area contributed by atoms with Gasteiger partial charge in [-0.2, -0.15) is 0 Å². The molecule has 0 saturated carbocycles. The van der Waals surface area contributed by atoms with Crippen LogP contribution in [0.4, 0.5) is 11.6 Å². The Morgan fingerprint density at radius 1 is 1.07 bits per heavy atom. The second kappa shape index (κ2) is 7.98. The highest BCUT2D eigenvalue weighted by Crippen LogP contribution is 2.35. The zero-order chi connectivity index (χ0) is 20.3. The minimum absolute atomic E-state index is 0.0245. The van der Waals surface area contributed by atoms with E-state index in [9.17, 15) is 4.79 Å². The van der Waals surface area contributed by atoms with Crippen molar-refractivity contribution in [3.05, 3.63) is 66.2 Å². The third-order valence-electron chi connectivity index (χ3n) is 5.23. The molecule has 0 unspecified atom stereocenters. The van der Waals surface area contributed by atoms with Crippen molar-refractivity contribution in [1.82, 2.24) is 19.9 Å². The van der Waals surface area contributed by atoms with E-state index in [4.69, 9.17) is 14.5 Å². The average Bonchev–Trinajstić information content (AvgIpc) is 3.29. The van der Waals surface area contributed by atoms with Crippen LogP contribution in [0, 0.1) is 0 Å². The van der Waals surface area contributed by atoms with Crippen LogP contribution in [0.2, 0.25) is 0 Å². The number of carbonyl (C=O) groups excluding carboxylic acids is 1. The Morgan fingerprint density at radius 3 is 2.83 bits per heavy atom. The lowest BCUT2D eigenvalue weighted by Gasteiger charge is -2.25. The van der Waals surface area contributed by atoms with Crippen LogP contribution in [0.25, 0.3) is 0 Å². The van der Waals surface area contributed by atoms with Crippen molar-refractivity contribution in [2.75, 3.05) is 25.1 Å². The van der Waals surface area contributed by atoms with E-state index in [1.54, 1.807) is 36.8 Å². The minimum atomic E-state index is -0.0747. The number of nitrogens with zero attached hydrogens (tertiary/aromatic N) is 4. The van der Waals surface area contributed by atoms with Crippen molar-refractivity contribution in [2.45, 2.75) is 18.9 Å². The van der Waals surface area contributed by atoms with E-state index in [0.717, 1.165) is 18.5 Å². The number of pyridine rings is 1. The van der Waals surface area contributed by atoms with Gasteiger partial charge in [0.2, 0.25) is 0 Å². The van der Waals surface area contributed by atoms with E-state index in [2.05, 4.69) is 15.3 Å². The molecular weight excluding hydrogens is 382 g/mol. The third-order valence-corrected chi connectivity index (χ3v) is 5.23. The van der Waals surface area contributed by atoms with E-state index in [0.29, 0.717) is 48.5 Å². The van der Waals surface area contributed by atoms with Crippen molar-refractivity contribution in [1.29, 1.82) is 0 Å². The molecule has 4 heterocycles. The van der Waals surface area contributed by atoms with Gasteiger partial charge in [-0.1, -0.05) is 6.07 Å². The molecule has 1 atom stereocenters. The van der Waals surface area contributed by atoms with Crippen molar-refractivity contribution < 1.29 is 14.3 Å². The van der Waals surface area contributed by atoms with E-state index in [-0.39, 0.29) is 11.9 Å². The molecule has 2 aromatic heterocycles. The summed E-state index contributed by atoms with van der Waals surface area (Å²) in [5, 5.41) is 3.16. The van der Waals surface area contributed by atoms with Crippen molar-refractivity contribution in [2.24, 2.45) is 0 Å². The van der Waals surface area contributed by atoms with Crippen LogP contribution < -0.4 is 14.8 Å². The van der Waals surface area contributed by atoms with Gasteiger partial charge in [-0.15, -0.1) is 0 Å². The summed E-state index contributed by atoms with van der Waals surface area (Å²) in [6, 6.07) is 11.1. The maximum Gasteiger partial charge on any atom is 0.254 e. The van der Waals surface area contributed by atoms with Crippen LogP contribution in [0.1, 0.15) is 34.9 Å². The maximum absolute atomic E-state index is 13.3. The van der Waals surface area contributed by atoms with Crippen molar-refractivity contribution in [3.63, 3.8) is 0 Å². The summed E-state index contributed by atoms with van der Waals surface area (Å²) in [6.45, 7) is 1.72. The zero-order valence-corrected chi connectivity index (χ0v) is 16.3.